The second-order valence-electron chi connectivity index (χ2n) is 7.12. The van der Waals surface area contributed by atoms with Gasteiger partial charge in [-0.2, -0.15) is 0 Å². The minimum Gasteiger partial charge on any atom is -0.370 e. The van der Waals surface area contributed by atoms with E-state index in [4.69, 9.17) is 4.74 Å². The molecular formula is C19H25N5O3. The van der Waals surface area contributed by atoms with Crippen molar-refractivity contribution in [3.8, 4) is 0 Å². The van der Waals surface area contributed by atoms with Crippen LogP contribution in [0.1, 0.15) is 0 Å². The minimum absolute atomic E-state index is 0.0194. The number of carbonyl (C=O) groups excluding carboxylic acids is 1. The molecule has 2 fully saturated rings. The zero-order chi connectivity index (χ0) is 18.8. The number of fused-ring (bicyclic) bond motifs is 1. The fourth-order valence-electron chi connectivity index (χ4n) is 3.67. The van der Waals surface area contributed by atoms with Crippen LogP contribution in [0.4, 0.5) is 5.69 Å². The number of amides is 1. The number of anilines is 1. The Morgan fingerprint density at radius 2 is 1.89 bits per heavy atom. The van der Waals surface area contributed by atoms with E-state index in [9.17, 15) is 9.59 Å². The smallest absolute Gasteiger partial charge is 0.260 e. The van der Waals surface area contributed by atoms with Crippen molar-refractivity contribution in [1.29, 1.82) is 0 Å². The van der Waals surface area contributed by atoms with Gasteiger partial charge in [-0.3, -0.25) is 14.5 Å². The van der Waals surface area contributed by atoms with Gasteiger partial charge in [0.1, 0.15) is 6.61 Å². The summed E-state index contributed by atoms with van der Waals surface area (Å²) in [4.78, 5) is 35.0. The molecule has 2 aromatic rings. The lowest BCUT2D eigenvalue weighted by molar-refractivity contribution is -0.142. The standard InChI is InChI=1S/C19H25N5O3/c1-21-14-20-17-12-15(2-3-16(17)19(21)26)23-7-4-22(5-8-23)6-9-24-10-11-27-13-18(24)25/h2-3,12,14H,4-11,13H2,1H3. The van der Waals surface area contributed by atoms with E-state index < -0.39 is 0 Å². The van der Waals surface area contributed by atoms with Crippen LogP contribution in [0, 0.1) is 0 Å². The SMILES string of the molecule is Cn1cnc2cc(N3CCN(CCN4CCOCC4=O)CC3)ccc2c1=O. The number of morpholine rings is 1. The number of nitrogens with zero attached hydrogens (tertiary/aromatic N) is 5. The number of benzene rings is 1. The molecule has 1 aromatic heterocycles. The van der Waals surface area contributed by atoms with Gasteiger partial charge in [0.2, 0.25) is 5.91 Å². The van der Waals surface area contributed by atoms with Crippen molar-refractivity contribution in [3.63, 3.8) is 0 Å². The summed E-state index contributed by atoms with van der Waals surface area (Å²) in [5.74, 6) is 0.0923. The fourth-order valence-corrected chi connectivity index (χ4v) is 3.67. The zero-order valence-corrected chi connectivity index (χ0v) is 15.6. The quantitative estimate of drug-likeness (QED) is 0.748. The van der Waals surface area contributed by atoms with Gasteiger partial charge in [0.25, 0.3) is 5.56 Å². The number of aryl methyl sites for hydroxylation is 1. The van der Waals surface area contributed by atoms with Crippen LogP contribution in [-0.4, -0.2) is 84.3 Å². The lowest BCUT2D eigenvalue weighted by Crippen LogP contribution is -2.50. The number of hydrogen-bond acceptors (Lipinski definition) is 6. The number of aromatic nitrogens is 2. The van der Waals surface area contributed by atoms with Crippen LogP contribution < -0.4 is 10.5 Å². The van der Waals surface area contributed by atoms with E-state index in [0.717, 1.165) is 50.5 Å². The van der Waals surface area contributed by atoms with Gasteiger partial charge >= 0.3 is 0 Å². The molecule has 8 nitrogen and oxygen atoms in total. The highest BCUT2D eigenvalue weighted by Crippen LogP contribution is 2.20. The Morgan fingerprint density at radius 3 is 2.67 bits per heavy atom. The van der Waals surface area contributed by atoms with Gasteiger partial charge in [-0.15, -0.1) is 0 Å². The van der Waals surface area contributed by atoms with Crippen molar-refractivity contribution in [1.82, 2.24) is 19.4 Å². The average Bonchev–Trinajstić information content (AvgIpc) is 2.70. The summed E-state index contributed by atoms with van der Waals surface area (Å²) in [5, 5.41) is 0.651. The molecule has 3 heterocycles. The molecule has 8 heteroatoms. The number of carbonyl (C=O) groups is 1. The molecule has 144 valence electrons. The number of ether oxygens (including phenoxy) is 1. The molecule has 1 amide bonds. The molecule has 0 radical (unpaired) electrons. The summed E-state index contributed by atoms with van der Waals surface area (Å²) in [6.45, 7) is 6.98. The largest absolute Gasteiger partial charge is 0.370 e. The Hall–Kier alpha value is -2.45. The molecule has 2 aliphatic heterocycles. The van der Waals surface area contributed by atoms with E-state index in [-0.39, 0.29) is 18.1 Å². The third kappa shape index (κ3) is 3.81. The van der Waals surface area contributed by atoms with Crippen LogP contribution in [0.5, 0.6) is 0 Å². The topological polar surface area (TPSA) is 70.9 Å². The summed E-state index contributed by atoms with van der Waals surface area (Å²) >= 11 is 0. The Balaban J connectivity index is 1.35. The molecule has 0 atom stereocenters. The van der Waals surface area contributed by atoms with E-state index in [1.54, 1.807) is 13.4 Å². The van der Waals surface area contributed by atoms with E-state index in [2.05, 4.69) is 14.8 Å². The molecule has 27 heavy (non-hydrogen) atoms. The molecule has 0 unspecified atom stereocenters. The fraction of sp³-hybridized carbons (Fsp3) is 0.526. The summed E-state index contributed by atoms with van der Waals surface area (Å²) < 4.78 is 6.67. The molecule has 0 aliphatic carbocycles. The first kappa shape index (κ1) is 17.9. The zero-order valence-electron chi connectivity index (χ0n) is 15.6. The normalized spacial score (nSPS) is 19.1. The van der Waals surface area contributed by atoms with Gasteiger partial charge in [0.15, 0.2) is 0 Å². The average molecular weight is 371 g/mol. The minimum atomic E-state index is -0.0194. The molecular weight excluding hydrogens is 346 g/mol. The van der Waals surface area contributed by atoms with Gasteiger partial charge in [-0.1, -0.05) is 0 Å². The molecule has 1 aromatic carbocycles. The maximum Gasteiger partial charge on any atom is 0.260 e. The third-order valence-electron chi connectivity index (χ3n) is 5.41. The Bertz CT molecular complexity index is 889. The lowest BCUT2D eigenvalue weighted by atomic mass is 10.2. The van der Waals surface area contributed by atoms with Gasteiger partial charge in [-0.05, 0) is 18.2 Å². The number of rotatable bonds is 4. The molecule has 0 bridgehead atoms. The molecule has 2 aliphatic rings. The molecule has 0 saturated carbocycles. The Morgan fingerprint density at radius 1 is 1.07 bits per heavy atom. The predicted octanol–water partition coefficient (Wildman–Crippen LogP) is -0.0857. The summed E-state index contributed by atoms with van der Waals surface area (Å²) in [5.41, 5.74) is 1.82. The highest BCUT2D eigenvalue weighted by Gasteiger charge is 2.21. The first-order chi connectivity index (χ1) is 13.1. The van der Waals surface area contributed by atoms with Crippen molar-refractivity contribution in [2.75, 3.05) is 63.9 Å². The monoisotopic (exact) mass is 371 g/mol. The predicted molar refractivity (Wildman–Crippen MR) is 103 cm³/mol. The van der Waals surface area contributed by atoms with Crippen molar-refractivity contribution in [2.24, 2.45) is 7.05 Å². The van der Waals surface area contributed by atoms with Gasteiger partial charge in [0.05, 0.1) is 23.8 Å². The van der Waals surface area contributed by atoms with Crippen LogP contribution in [0.25, 0.3) is 10.9 Å². The Kier molecular flexibility index (Phi) is 5.09. The number of piperazine rings is 1. The third-order valence-corrected chi connectivity index (χ3v) is 5.41. The summed E-state index contributed by atoms with van der Waals surface area (Å²) in [6, 6.07) is 5.88. The van der Waals surface area contributed by atoms with Crippen LogP contribution in [0.2, 0.25) is 0 Å². The van der Waals surface area contributed by atoms with Crippen LogP contribution in [-0.2, 0) is 16.6 Å². The molecule has 0 N–H and O–H groups in total. The maximum atomic E-state index is 12.2. The van der Waals surface area contributed by atoms with Crippen molar-refractivity contribution >= 4 is 22.5 Å². The van der Waals surface area contributed by atoms with Crippen LogP contribution in [0.15, 0.2) is 29.3 Å². The van der Waals surface area contributed by atoms with Gasteiger partial charge in [-0.25, -0.2) is 4.98 Å². The van der Waals surface area contributed by atoms with Crippen molar-refractivity contribution in [2.45, 2.75) is 0 Å². The van der Waals surface area contributed by atoms with Gasteiger partial charge < -0.3 is 19.1 Å². The first-order valence-corrected chi connectivity index (χ1v) is 9.40. The molecule has 2 saturated heterocycles. The van der Waals surface area contributed by atoms with Crippen LogP contribution >= 0.6 is 0 Å². The van der Waals surface area contributed by atoms with Crippen molar-refractivity contribution in [3.05, 3.63) is 34.9 Å². The molecule has 4 rings (SSSR count). The van der Waals surface area contributed by atoms with Crippen molar-refractivity contribution < 1.29 is 9.53 Å². The van der Waals surface area contributed by atoms with E-state index in [1.807, 2.05) is 23.1 Å². The second-order valence-corrected chi connectivity index (χ2v) is 7.12. The Labute approximate surface area is 157 Å². The molecule has 0 spiro atoms. The van der Waals surface area contributed by atoms with Crippen LogP contribution in [0.3, 0.4) is 0 Å². The first-order valence-electron chi connectivity index (χ1n) is 9.40. The second kappa shape index (κ2) is 7.66. The maximum absolute atomic E-state index is 12.2. The highest BCUT2D eigenvalue weighted by atomic mass is 16.5. The summed E-state index contributed by atoms with van der Waals surface area (Å²) in [7, 11) is 1.71. The van der Waals surface area contributed by atoms with E-state index >= 15 is 0 Å². The van der Waals surface area contributed by atoms with E-state index in [1.165, 1.54) is 4.57 Å². The number of hydrogen-bond donors (Lipinski definition) is 0. The summed E-state index contributed by atoms with van der Waals surface area (Å²) in [6.07, 6.45) is 1.57. The highest BCUT2D eigenvalue weighted by molar-refractivity contribution is 5.81. The van der Waals surface area contributed by atoms with Gasteiger partial charge in [0, 0.05) is 58.5 Å². The lowest BCUT2D eigenvalue weighted by Gasteiger charge is -2.37. The van der Waals surface area contributed by atoms with E-state index in [0.29, 0.717) is 18.5 Å².